The smallest absolute Gasteiger partial charge is 0.229 e. The monoisotopic (exact) mass is 205 g/mol. The minimum absolute atomic E-state index is 0.0377. The first-order chi connectivity index (χ1) is 6.93. The van der Waals surface area contributed by atoms with E-state index in [1.807, 2.05) is 40.0 Å². The molecule has 0 unspecified atom stereocenters. The van der Waals surface area contributed by atoms with Crippen molar-refractivity contribution in [2.45, 2.75) is 27.7 Å². The van der Waals surface area contributed by atoms with Crippen LogP contribution in [0, 0.1) is 19.8 Å². The van der Waals surface area contributed by atoms with Crippen molar-refractivity contribution < 1.29 is 4.79 Å². The molecule has 0 fully saturated rings. The largest absolute Gasteiger partial charge is 0.315 e. The molecule has 1 aromatic carbocycles. The van der Waals surface area contributed by atoms with Crippen LogP contribution in [0.5, 0.6) is 0 Å². The fraction of sp³-hybridized carbons (Fsp3) is 0.462. The van der Waals surface area contributed by atoms with E-state index >= 15 is 0 Å². The van der Waals surface area contributed by atoms with E-state index in [0.717, 1.165) is 11.3 Å². The van der Waals surface area contributed by atoms with Crippen LogP contribution >= 0.6 is 0 Å². The van der Waals surface area contributed by atoms with Gasteiger partial charge >= 0.3 is 0 Å². The van der Waals surface area contributed by atoms with Crippen molar-refractivity contribution in [2.75, 3.05) is 11.9 Å². The SMILES string of the molecule is Cc1ccc(N(C)C(=O)C(C)C)c(C)c1. The molecule has 82 valence electrons. The summed E-state index contributed by atoms with van der Waals surface area (Å²) in [6.45, 7) is 7.93. The van der Waals surface area contributed by atoms with Gasteiger partial charge in [-0.15, -0.1) is 0 Å². The number of carbonyl (C=O) groups is 1. The van der Waals surface area contributed by atoms with Crippen molar-refractivity contribution in [2.24, 2.45) is 5.92 Å². The van der Waals surface area contributed by atoms with E-state index in [-0.39, 0.29) is 11.8 Å². The summed E-state index contributed by atoms with van der Waals surface area (Å²) in [5.74, 6) is 0.192. The predicted octanol–water partition coefficient (Wildman–Crippen LogP) is 2.92. The Morgan fingerprint density at radius 2 is 1.87 bits per heavy atom. The third-order valence-electron chi connectivity index (χ3n) is 2.54. The zero-order valence-electron chi connectivity index (χ0n) is 10.2. The molecule has 0 aliphatic heterocycles. The molecule has 0 spiro atoms. The predicted molar refractivity (Wildman–Crippen MR) is 64.2 cm³/mol. The molecule has 1 amide bonds. The van der Waals surface area contributed by atoms with Crippen molar-refractivity contribution in [3.8, 4) is 0 Å². The average Bonchev–Trinajstić information content (AvgIpc) is 2.15. The van der Waals surface area contributed by atoms with Crippen molar-refractivity contribution in [3.63, 3.8) is 0 Å². The Morgan fingerprint density at radius 1 is 1.27 bits per heavy atom. The number of hydrogen-bond acceptors (Lipinski definition) is 1. The van der Waals surface area contributed by atoms with Crippen molar-refractivity contribution in [1.29, 1.82) is 0 Å². The third kappa shape index (κ3) is 2.58. The van der Waals surface area contributed by atoms with E-state index < -0.39 is 0 Å². The van der Waals surface area contributed by atoms with Crippen LogP contribution in [-0.2, 0) is 4.79 Å². The van der Waals surface area contributed by atoms with Crippen molar-refractivity contribution in [1.82, 2.24) is 0 Å². The highest BCUT2D eigenvalue weighted by atomic mass is 16.2. The summed E-state index contributed by atoms with van der Waals surface area (Å²) in [7, 11) is 1.83. The van der Waals surface area contributed by atoms with Gasteiger partial charge in [0.15, 0.2) is 0 Å². The Balaban J connectivity index is 3.01. The second kappa shape index (κ2) is 4.47. The molecule has 0 aliphatic carbocycles. The molecule has 0 atom stereocenters. The summed E-state index contributed by atoms with van der Waals surface area (Å²) < 4.78 is 0. The Hall–Kier alpha value is -1.31. The van der Waals surface area contributed by atoms with Gasteiger partial charge in [0.05, 0.1) is 0 Å². The Bertz CT molecular complexity index is 369. The molecule has 1 aromatic rings. The van der Waals surface area contributed by atoms with Crippen LogP contribution in [-0.4, -0.2) is 13.0 Å². The topological polar surface area (TPSA) is 20.3 Å². The number of benzene rings is 1. The average molecular weight is 205 g/mol. The lowest BCUT2D eigenvalue weighted by Crippen LogP contribution is -2.30. The molecule has 0 N–H and O–H groups in total. The lowest BCUT2D eigenvalue weighted by molar-refractivity contribution is -0.121. The van der Waals surface area contributed by atoms with Gasteiger partial charge in [0.1, 0.15) is 0 Å². The summed E-state index contributed by atoms with van der Waals surface area (Å²) >= 11 is 0. The second-order valence-corrected chi connectivity index (χ2v) is 4.34. The van der Waals surface area contributed by atoms with Crippen LogP contribution in [0.2, 0.25) is 0 Å². The number of rotatable bonds is 2. The van der Waals surface area contributed by atoms with Gasteiger partial charge in [0.25, 0.3) is 0 Å². The van der Waals surface area contributed by atoms with Crippen LogP contribution < -0.4 is 4.90 Å². The second-order valence-electron chi connectivity index (χ2n) is 4.34. The molecule has 1 rings (SSSR count). The van der Waals surface area contributed by atoms with Gasteiger partial charge in [0, 0.05) is 18.7 Å². The van der Waals surface area contributed by atoms with Crippen molar-refractivity contribution >= 4 is 11.6 Å². The van der Waals surface area contributed by atoms with E-state index in [2.05, 4.69) is 13.0 Å². The molecule has 2 heteroatoms. The highest BCUT2D eigenvalue weighted by Gasteiger charge is 2.15. The van der Waals surface area contributed by atoms with Gasteiger partial charge in [-0.2, -0.15) is 0 Å². The van der Waals surface area contributed by atoms with Gasteiger partial charge in [-0.05, 0) is 25.5 Å². The Morgan fingerprint density at radius 3 is 2.33 bits per heavy atom. The highest BCUT2D eigenvalue weighted by molar-refractivity contribution is 5.94. The maximum absolute atomic E-state index is 11.8. The first-order valence-electron chi connectivity index (χ1n) is 5.28. The number of aryl methyl sites for hydroxylation is 2. The van der Waals surface area contributed by atoms with Gasteiger partial charge in [-0.3, -0.25) is 4.79 Å². The molecule has 0 aliphatic rings. The molecule has 2 nitrogen and oxygen atoms in total. The van der Waals surface area contributed by atoms with Gasteiger partial charge in [-0.25, -0.2) is 0 Å². The van der Waals surface area contributed by atoms with E-state index in [4.69, 9.17) is 0 Å². The maximum atomic E-state index is 11.8. The van der Waals surface area contributed by atoms with E-state index in [1.165, 1.54) is 5.56 Å². The molecule has 0 heterocycles. The normalized spacial score (nSPS) is 10.5. The fourth-order valence-electron chi connectivity index (χ4n) is 1.69. The van der Waals surface area contributed by atoms with E-state index in [0.29, 0.717) is 0 Å². The Labute approximate surface area is 91.9 Å². The highest BCUT2D eigenvalue weighted by Crippen LogP contribution is 2.21. The third-order valence-corrected chi connectivity index (χ3v) is 2.54. The minimum atomic E-state index is 0.0377. The molecule has 0 saturated heterocycles. The van der Waals surface area contributed by atoms with Crippen LogP contribution in [0.1, 0.15) is 25.0 Å². The van der Waals surface area contributed by atoms with Crippen LogP contribution in [0.4, 0.5) is 5.69 Å². The summed E-state index contributed by atoms with van der Waals surface area (Å²) in [4.78, 5) is 13.5. The number of hydrogen-bond donors (Lipinski definition) is 0. The molecule has 0 bridgehead atoms. The summed E-state index contributed by atoms with van der Waals surface area (Å²) in [6, 6.07) is 6.14. The molecular weight excluding hydrogens is 186 g/mol. The summed E-state index contributed by atoms with van der Waals surface area (Å²) in [6.07, 6.45) is 0. The van der Waals surface area contributed by atoms with E-state index in [1.54, 1.807) is 4.90 Å². The van der Waals surface area contributed by atoms with Crippen molar-refractivity contribution in [3.05, 3.63) is 29.3 Å². The van der Waals surface area contributed by atoms with Gasteiger partial charge < -0.3 is 4.90 Å². The number of amides is 1. The maximum Gasteiger partial charge on any atom is 0.229 e. The van der Waals surface area contributed by atoms with Gasteiger partial charge in [-0.1, -0.05) is 31.5 Å². The zero-order valence-corrected chi connectivity index (χ0v) is 10.2. The standard InChI is InChI=1S/C13H19NO/c1-9(2)13(15)14(5)12-7-6-10(3)8-11(12)4/h6-9H,1-5H3. The molecule has 15 heavy (non-hydrogen) atoms. The fourth-order valence-corrected chi connectivity index (χ4v) is 1.69. The number of anilines is 1. The lowest BCUT2D eigenvalue weighted by atomic mass is 10.1. The minimum Gasteiger partial charge on any atom is -0.315 e. The van der Waals surface area contributed by atoms with Crippen LogP contribution in [0.15, 0.2) is 18.2 Å². The first-order valence-corrected chi connectivity index (χ1v) is 5.28. The van der Waals surface area contributed by atoms with Gasteiger partial charge in [0.2, 0.25) is 5.91 Å². The Kier molecular flexibility index (Phi) is 3.51. The molecule has 0 aromatic heterocycles. The number of carbonyl (C=O) groups excluding carboxylic acids is 1. The molecular formula is C13H19NO. The number of nitrogens with zero attached hydrogens (tertiary/aromatic N) is 1. The molecule has 0 radical (unpaired) electrons. The van der Waals surface area contributed by atoms with Crippen LogP contribution in [0.25, 0.3) is 0 Å². The summed E-state index contributed by atoms with van der Waals surface area (Å²) in [5.41, 5.74) is 3.37. The van der Waals surface area contributed by atoms with Crippen LogP contribution in [0.3, 0.4) is 0 Å². The summed E-state index contributed by atoms with van der Waals surface area (Å²) in [5, 5.41) is 0. The molecule has 0 saturated carbocycles. The van der Waals surface area contributed by atoms with E-state index in [9.17, 15) is 4.79 Å². The lowest BCUT2D eigenvalue weighted by Gasteiger charge is -2.21. The first kappa shape index (κ1) is 11.8. The quantitative estimate of drug-likeness (QED) is 0.727. The zero-order chi connectivity index (χ0) is 11.6.